The summed E-state index contributed by atoms with van der Waals surface area (Å²) in [6.45, 7) is 4.72. The summed E-state index contributed by atoms with van der Waals surface area (Å²) in [7, 11) is 0. The van der Waals surface area contributed by atoms with Crippen molar-refractivity contribution in [2.24, 2.45) is 0 Å². The quantitative estimate of drug-likeness (QED) is 0.156. The van der Waals surface area contributed by atoms with E-state index in [-0.39, 0.29) is 5.41 Å². The molecule has 0 aliphatic heterocycles. The van der Waals surface area contributed by atoms with Gasteiger partial charge in [0.2, 0.25) is 0 Å². The molecule has 11 aromatic rings. The van der Waals surface area contributed by atoms with Crippen molar-refractivity contribution in [3.8, 4) is 44.5 Å². The van der Waals surface area contributed by atoms with Gasteiger partial charge in [0.1, 0.15) is 11.2 Å². The number of rotatable bonds is 6. The van der Waals surface area contributed by atoms with Gasteiger partial charge in [-0.05, 0) is 114 Å². The normalized spacial score (nSPS) is 12.9. The van der Waals surface area contributed by atoms with Crippen molar-refractivity contribution in [3.05, 3.63) is 223 Å². The van der Waals surface area contributed by atoms with Gasteiger partial charge in [0.25, 0.3) is 0 Å². The lowest BCUT2D eigenvalue weighted by Gasteiger charge is -2.27. The summed E-state index contributed by atoms with van der Waals surface area (Å²) < 4.78 is 6.53. The Hall–Kier alpha value is -7.68. The Labute approximate surface area is 355 Å². The summed E-state index contributed by atoms with van der Waals surface area (Å²) in [5, 5.41) is 7.32. The van der Waals surface area contributed by atoms with E-state index in [9.17, 15) is 0 Å². The molecule has 0 spiro atoms. The topological polar surface area (TPSA) is 16.4 Å². The minimum absolute atomic E-state index is 0.102. The number of nitrogens with zero attached hydrogens (tertiary/aromatic N) is 1. The predicted octanol–water partition coefficient (Wildman–Crippen LogP) is 16.7. The molecule has 288 valence electrons. The third kappa shape index (κ3) is 5.56. The second-order valence-corrected chi connectivity index (χ2v) is 16.8. The van der Waals surface area contributed by atoms with E-state index in [0.717, 1.165) is 50.1 Å². The third-order valence-corrected chi connectivity index (χ3v) is 13.1. The molecule has 10 aromatic carbocycles. The van der Waals surface area contributed by atoms with Gasteiger partial charge in [0.15, 0.2) is 0 Å². The molecule has 1 aliphatic rings. The van der Waals surface area contributed by atoms with E-state index < -0.39 is 0 Å². The highest BCUT2D eigenvalue weighted by Gasteiger charge is 2.37. The van der Waals surface area contributed by atoms with Crippen LogP contribution >= 0.6 is 0 Å². The average molecular weight is 780 g/mol. The summed E-state index contributed by atoms with van der Waals surface area (Å²) in [6.07, 6.45) is 0. The van der Waals surface area contributed by atoms with Gasteiger partial charge in [-0.1, -0.05) is 184 Å². The van der Waals surface area contributed by atoms with Crippen molar-refractivity contribution in [3.63, 3.8) is 0 Å². The first-order valence-corrected chi connectivity index (χ1v) is 21.2. The zero-order valence-corrected chi connectivity index (χ0v) is 34.1. The van der Waals surface area contributed by atoms with Crippen molar-refractivity contribution >= 4 is 60.5 Å². The molecule has 0 saturated heterocycles. The van der Waals surface area contributed by atoms with Crippen LogP contribution in [0.2, 0.25) is 0 Å². The second kappa shape index (κ2) is 13.7. The molecule has 0 bridgehead atoms. The minimum atomic E-state index is -0.102. The zero-order valence-electron chi connectivity index (χ0n) is 34.1. The molecule has 61 heavy (non-hydrogen) atoms. The fourth-order valence-corrected chi connectivity index (χ4v) is 10.2. The van der Waals surface area contributed by atoms with E-state index in [0.29, 0.717) is 0 Å². The first kappa shape index (κ1) is 35.3. The molecule has 12 rings (SSSR count). The molecule has 2 heteroatoms. The fourth-order valence-electron chi connectivity index (χ4n) is 10.2. The summed E-state index contributed by atoms with van der Waals surface area (Å²) in [6, 6.07) is 77.3. The molecule has 1 aliphatic carbocycles. The number of furan rings is 1. The fraction of sp³-hybridized carbons (Fsp3) is 0.0508. The number of hydrogen-bond donors (Lipinski definition) is 0. The smallest absolute Gasteiger partial charge is 0.143 e. The highest BCUT2D eigenvalue weighted by atomic mass is 16.3. The standard InChI is InChI=1S/C59H41NO/c1-59(2)55-25-7-5-17-51(55)53-23-11-20-47(57(53)59)40-29-34-43(35-30-40)60(44-15-9-14-41(37-44)48-21-12-24-54-52-18-6-8-26-56(52)61-58(48)54)42-32-27-39(28-33-42)46-19-10-22-49-45-16-4-3-13-38(45)31-36-50(46)49/h3-37H,1-2H3. The van der Waals surface area contributed by atoms with Crippen molar-refractivity contribution < 1.29 is 4.42 Å². The van der Waals surface area contributed by atoms with E-state index in [2.05, 4.69) is 225 Å². The second-order valence-electron chi connectivity index (χ2n) is 16.8. The van der Waals surface area contributed by atoms with Crippen LogP contribution in [-0.2, 0) is 5.41 Å². The van der Waals surface area contributed by atoms with Gasteiger partial charge in [0, 0.05) is 38.8 Å². The van der Waals surface area contributed by atoms with Gasteiger partial charge < -0.3 is 9.32 Å². The highest BCUT2D eigenvalue weighted by molar-refractivity contribution is 6.12. The van der Waals surface area contributed by atoms with Gasteiger partial charge in [-0.3, -0.25) is 0 Å². The Morgan fingerprint density at radius 3 is 1.77 bits per heavy atom. The van der Waals surface area contributed by atoms with Crippen LogP contribution in [0.3, 0.4) is 0 Å². The molecule has 0 N–H and O–H groups in total. The van der Waals surface area contributed by atoms with E-state index >= 15 is 0 Å². The summed E-state index contributed by atoms with van der Waals surface area (Å²) in [4.78, 5) is 2.38. The van der Waals surface area contributed by atoms with Crippen LogP contribution in [0.1, 0.15) is 25.0 Å². The molecular formula is C59H41NO. The van der Waals surface area contributed by atoms with E-state index in [1.165, 1.54) is 66.1 Å². The SMILES string of the molecule is CC1(C)c2ccccc2-c2cccc(-c3ccc(N(c4ccc(-c5cccc6c5ccc5ccccc56)cc4)c4cccc(-c5cccc6c5oc5ccccc56)c4)cc3)c21. The lowest BCUT2D eigenvalue weighted by atomic mass is 9.79. The van der Waals surface area contributed by atoms with Crippen LogP contribution in [0, 0.1) is 0 Å². The van der Waals surface area contributed by atoms with Crippen LogP contribution in [0.25, 0.3) is 88.0 Å². The number of para-hydroxylation sites is 2. The minimum Gasteiger partial charge on any atom is -0.455 e. The first-order valence-electron chi connectivity index (χ1n) is 21.2. The van der Waals surface area contributed by atoms with Crippen molar-refractivity contribution in [2.45, 2.75) is 19.3 Å². The van der Waals surface area contributed by atoms with E-state index in [1.54, 1.807) is 0 Å². The molecule has 0 unspecified atom stereocenters. The Kier molecular flexibility index (Phi) is 7.92. The van der Waals surface area contributed by atoms with Gasteiger partial charge in [-0.25, -0.2) is 0 Å². The molecule has 1 heterocycles. The van der Waals surface area contributed by atoms with Crippen LogP contribution in [0.4, 0.5) is 17.1 Å². The highest BCUT2D eigenvalue weighted by Crippen LogP contribution is 2.52. The Morgan fingerprint density at radius 1 is 0.361 bits per heavy atom. The number of fused-ring (bicyclic) bond motifs is 9. The van der Waals surface area contributed by atoms with Gasteiger partial charge in [0.05, 0.1) is 0 Å². The lowest BCUT2D eigenvalue weighted by Crippen LogP contribution is -2.16. The van der Waals surface area contributed by atoms with Crippen LogP contribution < -0.4 is 4.90 Å². The van der Waals surface area contributed by atoms with Crippen LogP contribution in [0.5, 0.6) is 0 Å². The zero-order chi connectivity index (χ0) is 40.7. The Bertz CT molecular complexity index is 3500. The molecule has 0 atom stereocenters. The Balaban J connectivity index is 0.983. The maximum absolute atomic E-state index is 6.53. The van der Waals surface area contributed by atoms with Crippen molar-refractivity contribution in [1.82, 2.24) is 0 Å². The largest absolute Gasteiger partial charge is 0.455 e. The predicted molar refractivity (Wildman–Crippen MR) is 257 cm³/mol. The number of anilines is 3. The third-order valence-electron chi connectivity index (χ3n) is 13.1. The number of benzene rings is 10. The number of hydrogen-bond acceptors (Lipinski definition) is 2. The molecule has 2 nitrogen and oxygen atoms in total. The maximum Gasteiger partial charge on any atom is 0.143 e. The molecule has 0 saturated carbocycles. The summed E-state index contributed by atoms with van der Waals surface area (Å²) in [5.41, 5.74) is 17.5. The summed E-state index contributed by atoms with van der Waals surface area (Å²) in [5.74, 6) is 0. The Morgan fingerprint density at radius 2 is 0.951 bits per heavy atom. The van der Waals surface area contributed by atoms with Crippen molar-refractivity contribution in [1.29, 1.82) is 0 Å². The van der Waals surface area contributed by atoms with Crippen LogP contribution in [0.15, 0.2) is 217 Å². The molecule has 0 amide bonds. The lowest BCUT2D eigenvalue weighted by molar-refractivity contribution is 0.662. The molecular weight excluding hydrogens is 739 g/mol. The van der Waals surface area contributed by atoms with Gasteiger partial charge >= 0.3 is 0 Å². The molecule has 0 radical (unpaired) electrons. The summed E-state index contributed by atoms with van der Waals surface area (Å²) >= 11 is 0. The van der Waals surface area contributed by atoms with Crippen LogP contribution in [-0.4, -0.2) is 0 Å². The molecule has 1 aromatic heterocycles. The van der Waals surface area contributed by atoms with Crippen molar-refractivity contribution in [2.75, 3.05) is 4.90 Å². The maximum atomic E-state index is 6.53. The van der Waals surface area contributed by atoms with E-state index in [4.69, 9.17) is 4.42 Å². The van der Waals surface area contributed by atoms with E-state index in [1.807, 2.05) is 6.07 Å². The van der Waals surface area contributed by atoms with Gasteiger partial charge in [-0.15, -0.1) is 0 Å². The monoisotopic (exact) mass is 779 g/mol. The van der Waals surface area contributed by atoms with Gasteiger partial charge in [-0.2, -0.15) is 0 Å². The first-order chi connectivity index (χ1) is 30.0. The average Bonchev–Trinajstić information content (AvgIpc) is 3.81. The molecule has 0 fully saturated rings.